The van der Waals surface area contributed by atoms with Crippen LogP contribution in [0, 0.1) is 18.8 Å². The van der Waals surface area contributed by atoms with Gasteiger partial charge in [-0.25, -0.2) is 0 Å². The van der Waals surface area contributed by atoms with E-state index in [1.165, 1.54) is 4.90 Å². The third-order valence-corrected chi connectivity index (χ3v) is 6.05. The van der Waals surface area contributed by atoms with Crippen LogP contribution in [0.5, 0.6) is 0 Å². The Balaban J connectivity index is 1.50. The van der Waals surface area contributed by atoms with Crippen LogP contribution in [0.15, 0.2) is 54.1 Å². The predicted octanol–water partition coefficient (Wildman–Crippen LogP) is 4.75. The number of aryl methyl sites for hydroxylation is 1. The lowest BCUT2D eigenvalue weighted by Gasteiger charge is -2.18. The molecule has 4 rings (SSSR count). The molecule has 1 aliphatic carbocycles. The van der Waals surface area contributed by atoms with E-state index in [2.05, 4.69) is 5.32 Å². The van der Waals surface area contributed by atoms with E-state index in [0.717, 1.165) is 11.1 Å². The molecule has 2 atom stereocenters. The van der Waals surface area contributed by atoms with Gasteiger partial charge in [0.15, 0.2) is 0 Å². The second kappa shape index (κ2) is 7.48. The molecule has 1 saturated heterocycles. The first-order valence-corrected chi connectivity index (χ1v) is 9.94. The minimum atomic E-state index is -0.288. The summed E-state index contributed by atoms with van der Waals surface area (Å²) in [4.78, 5) is 39.3. The molecule has 0 saturated carbocycles. The molecule has 1 heterocycles. The monoisotopic (exact) mass is 408 g/mol. The molecular weight excluding hydrogens is 388 g/mol. The van der Waals surface area contributed by atoms with E-state index in [1.807, 2.05) is 26.0 Å². The van der Waals surface area contributed by atoms with Crippen molar-refractivity contribution in [3.05, 3.63) is 70.3 Å². The highest BCUT2D eigenvalue weighted by Gasteiger charge is 2.48. The zero-order chi connectivity index (χ0) is 20.7. The van der Waals surface area contributed by atoms with E-state index >= 15 is 0 Å². The van der Waals surface area contributed by atoms with E-state index in [1.54, 1.807) is 36.4 Å². The molecule has 5 nitrogen and oxygen atoms in total. The number of imide groups is 1. The molecule has 29 heavy (non-hydrogen) atoms. The molecule has 148 valence electrons. The summed E-state index contributed by atoms with van der Waals surface area (Å²) in [5.41, 5.74) is 3.62. The van der Waals surface area contributed by atoms with Crippen LogP contribution < -0.4 is 10.2 Å². The smallest absolute Gasteiger partial charge is 0.255 e. The lowest BCUT2D eigenvalue weighted by molar-refractivity contribution is -0.122. The van der Waals surface area contributed by atoms with Gasteiger partial charge in [-0.1, -0.05) is 29.3 Å². The summed E-state index contributed by atoms with van der Waals surface area (Å²) in [6.07, 6.45) is 3.28. The van der Waals surface area contributed by atoms with E-state index in [0.29, 0.717) is 34.8 Å². The highest BCUT2D eigenvalue weighted by Crippen LogP contribution is 2.39. The van der Waals surface area contributed by atoms with Gasteiger partial charge in [0, 0.05) is 16.3 Å². The zero-order valence-corrected chi connectivity index (χ0v) is 17.0. The first-order valence-electron chi connectivity index (χ1n) is 9.56. The summed E-state index contributed by atoms with van der Waals surface area (Å²) < 4.78 is 0. The van der Waals surface area contributed by atoms with Crippen LogP contribution in [0.3, 0.4) is 0 Å². The predicted molar refractivity (Wildman–Crippen MR) is 113 cm³/mol. The van der Waals surface area contributed by atoms with Crippen molar-refractivity contribution < 1.29 is 14.4 Å². The third-order valence-electron chi connectivity index (χ3n) is 5.64. The van der Waals surface area contributed by atoms with Crippen LogP contribution in [0.25, 0.3) is 0 Å². The number of amides is 3. The number of benzene rings is 2. The molecule has 2 aromatic carbocycles. The molecule has 0 unspecified atom stereocenters. The zero-order valence-electron chi connectivity index (χ0n) is 16.2. The topological polar surface area (TPSA) is 66.5 Å². The molecular formula is C23H21ClN2O3. The van der Waals surface area contributed by atoms with Crippen molar-refractivity contribution in [2.45, 2.75) is 26.7 Å². The highest BCUT2D eigenvalue weighted by atomic mass is 35.5. The van der Waals surface area contributed by atoms with Crippen LogP contribution in [-0.4, -0.2) is 17.7 Å². The van der Waals surface area contributed by atoms with Gasteiger partial charge < -0.3 is 5.32 Å². The average Bonchev–Trinajstić information content (AvgIpc) is 2.94. The van der Waals surface area contributed by atoms with Crippen LogP contribution in [0.1, 0.15) is 35.7 Å². The molecule has 0 spiro atoms. The fraction of sp³-hybridized carbons (Fsp3) is 0.261. The van der Waals surface area contributed by atoms with Gasteiger partial charge in [0.2, 0.25) is 11.8 Å². The summed E-state index contributed by atoms with van der Waals surface area (Å²) >= 11 is 6.10. The maximum atomic E-state index is 12.8. The number of allylic oxidation sites excluding steroid dienone is 2. The normalized spacial score (nSPS) is 21.1. The number of hydrogen-bond donors (Lipinski definition) is 1. The van der Waals surface area contributed by atoms with Crippen LogP contribution in [0.2, 0.25) is 5.02 Å². The Kier molecular flexibility index (Phi) is 5.01. The minimum absolute atomic E-state index is 0.154. The van der Waals surface area contributed by atoms with Crippen molar-refractivity contribution in [2.24, 2.45) is 11.8 Å². The second-order valence-corrected chi connectivity index (χ2v) is 8.09. The lowest BCUT2D eigenvalue weighted by atomic mass is 9.82. The first-order chi connectivity index (χ1) is 13.8. The Labute approximate surface area is 174 Å². The van der Waals surface area contributed by atoms with Crippen molar-refractivity contribution in [1.29, 1.82) is 0 Å². The standard InChI is InChI=1S/C23H21ClN2O3/c1-13-3-10-18-19(11-13)23(29)26(22(18)28)17-8-5-15(6-9-17)21(27)25-16-7-4-14(2)20(24)12-16/h3-9,12,18-19H,10-11H2,1-2H3,(H,25,27)/t18-,19+/m1/s1. The first kappa shape index (κ1) is 19.4. The summed E-state index contributed by atoms with van der Waals surface area (Å²) in [6.45, 7) is 3.88. The van der Waals surface area contributed by atoms with Crippen molar-refractivity contribution in [1.82, 2.24) is 0 Å². The van der Waals surface area contributed by atoms with Crippen LogP contribution in [-0.2, 0) is 9.59 Å². The minimum Gasteiger partial charge on any atom is -0.322 e. The maximum Gasteiger partial charge on any atom is 0.255 e. The summed E-state index contributed by atoms with van der Waals surface area (Å²) in [5, 5.41) is 3.38. The Morgan fingerprint density at radius 2 is 1.72 bits per heavy atom. The van der Waals surface area contributed by atoms with Gasteiger partial charge in [0.25, 0.3) is 5.91 Å². The molecule has 0 aromatic heterocycles. The average molecular weight is 409 g/mol. The Hall–Kier alpha value is -2.92. The highest BCUT2D eigenvalue weighted by molar-refractivity contribution is 6.31. The number of fused-ring (bicyclic) bond motifs is 1. The van der Waals surface area contributed by atoms with Crippen molar-refractivity contribution in [3.8, 4) is 0 Å². The SMILES string of the molecule is CC1=CC[C@H]2C(=O)N(c3ccc(C(=O)Nc4ccc(C)c(Cl)c4)cc3)C(=O)[C@H]2C1. The number of anilines is 2. The third kappa shape index (κ3) is 3.58. The van der Waals surface area contributed by atoms with Crippen molar-refractivity contribution in [2.75, 3.05) is 10.2 Å². The Morgan fingerprint density at radius 1 is 1.03 bits per heavy atom. The van der Waals surface area contributed by atoms with Crippen molar-refractivity contribution >= 4 is 40.7 Å². The molecule has 0 bridgehead atoms. The van der Waals surface area contributed by atoms with Gasteiger partial charge in [-0.3, -0.25) is 19.3 Å². The summed E-state index contributed by atoms with van der Waals surface area (Å²) in [5.74, 6) is -1.15. The molecule has 1 aliphatic heterocycles. The van der Waals surface area contributed by atoms with Crippen LogP contribution >= 0.6 is 11.6 Å². The Morgan fingerprint density at radius 3 is 2.41 bits per heavy atom. The fourth-order valence-electron chi connectivity index (χ4n) is 3.93. The molecule has 6 heteroatoms. The fourth-order valence-corrected chi connectivity index (χ4v) is 4.11. The second-order valence-electron chi connectivity index (χ2n) is 7.68. The van der Waals surface area contributed by atoms with Gasteiger partial charge in [0.1, 0.15) is 0 Å². The summed E-state index contributed by atoms with van der Waals surface area (Å²) in [7, 11) is 0. The van der Waals surface area contributed by atoms with Gasteiger partial charge in [-0.15, -0.1) is 0 Å². The summed E-state index contributed by atoms with van der Waals surface area (Å²) in [6, 6.07) is 11.8. The van der Waals surface area contributed by atoms with Gasteiger partial charge >= 0.3 is 0 Å². The maximum absolute atomic E-state index is 12.8. The number of nitrogens with zero attached hydrogens (tertiary/aromatic N) is 1. The number of hydrogen-bond acceptors (Lipinski definition) is 3. The van der Waals surface area contributed by atoms with Gasteiger partial charge in [-0.2, -0.15) is 0 Å². The van der Waals surface area contributed by atoms with Gasteiger partial charge in [-0.05, 0) is 68.7 Å². The number of rotatable bonds is 3. The largest absolute Gasteiger partial charge is 0.322 e. The number of halogens is 1. The van der Waals surface area contributed by atoms with Crippen LogP contribution in [0.4, 0.5) is 11.4 Å². The van der Waals surface area contributed by atoms with Crippen molar-refractivity contribution in [3.63, 3.8) is 0 Å². The molecule has 2 aliphatic rings. The van der Waals surface area contributed by atoms with E-state index < -0.39 is 0 Å². The number of carbonyl (C=O) groups excluding carboxylic acids is 3. The van der Waals surface area contributed by atoms with E-state index in [-0.39, 0.29) is 29.6 Å². The van der Waals surface area contributed by atoms with E-state index in [9.17, 15) is 14.4 Å². The molecule has 1 N–H and O–H groups in total. The molecule has 0 radical (unpaired) electrons. The number of carbonyl (C=O) groups is 3. The Bertz CT molecular complexity index is 1040. The number of nitrogens with one attached hydrogen (secondary N) is 1. The molecule has 3 amide bonds. The van der Waals surface area contributed by atoms with E-state index in [4.69, 9.17) is 11.6 Å². The quantitative estimate of drug-likeness (QED) is 0.588. The van der Waals surface area contributed by atoms with Gasteiger partial charge in [0.05, 0.1) is 17.5 Å². The molecule has 2 aromatic rings. The lowest BCUT2D eigenvalue weighted by Crippen LogP contribution is -2.30. The molecule has 1 fully saturated rings.